The molecular formula is C26H29N3O. The van der Waals surface area contributed by atoms with Crippen LogP contribution in [0.3, 0.4) is 0 Å². The van der Waals surface area contributed by atoms with Crippen molar-refractivity contribution in [1.82, 2.24) is 14.9 Å². The van der Waals surface area contributed by atoms with Gasteiger partial charge in [-0.05, 0) is 79.6 Å². The quantitative estimate of drug-likeness (QED) is 0.628. The van der Waals surface area contributed by atoms with Crippen LogP contribution in [0.2, 0.25) is 0 Å². The van der Waals surface area contributed by atoms with Gasteiger partial charge in [-0.25, -0.2) is 0 Å². The fraction of sp³-hybridized carbons (Fsp3) is 0.346. The van der Waals surface area contributed by atoms with Gasteiger partial charge < -0.3 is 4.90 Å². The summed E-state index contributed by atoms with van der Waals surface area (Å²) in [5, 5.41) is 0. The first-order chi connectivity index (χ1) is 14.6. The van der Waals surface area contributed by atoms with E-state index in [0.29, 0.717) is 12.3 Å². The Morgan fingerprint density at radius 3 is 2.67 bits per heavy atom. The van der Waals surface area contributed by atoms with E-state index in [1.807, 2.05) is 17.0 Å². The number of carbonyl (C=O) groups is 1. The fourth-order valence-corrected chi connectivity index (χ4v) is 4.34. The average molecular weight is 400 g/mol. The Kier molecular flexibility index (Phi) is 6.22. The lowest BCUT2D eigenvalue weighted by atomic mass is 9.91. The van der Waals surface area contributed by atoms with Crippen molar-refractivity contribution < 1.29 is 4.79 Å². The molecule has 4 rings (SSSR count). The zero-order valence-electron chi connectivity index (χ0n) is 17.8. The van der Waals surface area contributed by atoms with Crippen molar-refractivity contribution in [2.45, 2.75) is 45.4 Å². The molecule has 3 heterocycles. The molecule has 1 saturated heterocycles. The van der Waals surface area contributed by atoms with Gasteiger partial charge in [-0.3, -0.25) is 14.8 Å². The van der Waals surface area contributed by atoms with E-state index in [0.717, 1.165) is 49.3 Å². The number of aromatic nitrogens is 2. The van der Waals surface area contributed by atoms with E-state index in [2.05, 4.69) is 55.2 Å². The number of nitrogens with zero attached hydrogens (tertiary/aromatic N) is 3. The molecule has 4 nitrogen and oxygen atoms in total. The number of likely N-dealkylation sites (tertiary alicyclic amines) is 1. The summed E-state index contributed by atoms with van der Waals surface area (Å²) in [5.74, 6) is 0.495. The number of carbonyl (C=O) groups excluding carboxylic acids is 1. The van der Waals surface area contributed by atoms with E-state index in [-0.39, 0.29) is 5.91 Å². The molecule has 0 spiro atoms. The van der Waals surface area contributed by atoms with Gasteiger partial charge in [-0.1, -0.05) is 24.3 Å². The molecule has 1 aliphatic rings. The molecule has 1 aliphatic heterocycles. The molecule has 30 heavy (non-hydrogen) atoms. The van der Waals surface area contributed by atoms with E-state index in [4.69, 9.17) is 4.98 Å². The number of pyridine rings is 2. The summed E-state index contributed by atoms with van der Waals surface area (Å²) in [4.78, 5) is 23.7. The molecule has 4 heteroatoms. The van der Waals surface area contributed by atoms with Crippen LogP contribution in [-0.4, -0.2) is 33.9 Å². The highest BCUT2D eigenvalue weighted by atomic mass is 16.2. The predicted molar refractivity (Wildman–Crippen MR) is 119 cm³/mol. The number of aryl methyl sites for hydroxylation is 2. The maximum absolute atomic E-state index is 12.8. The summed E-state index contributed by atoms with van der Waals surface area (Å²) in [6.07, 6.45) is 6.95. The van der Waals surface area contributed by atoms with E-state index in [1.165, 1.54) is 16.7 Å². The second kappa shape index (κ2) is 9.21. The number of hydrogen-bond acceptors (Lipinski definition) is 3. The second-order valence-corrected chi connectivity index (χ2v) is 8.36. The molecule has 1 fully saturated rings. The van der Waals surface area contributed by atoms with Gasteiger partial charge in [0.05, 0.1) is 6.42 Å². The summed E-state index contributed by atoms with van der Waals surface area (Å²) in [6.45, 7) is 5.82. The summed E-state index contributed by atoms with van der Waals surface area (Å²) in [5.41, 5.74) is 7.17. The third-order valence-electron chi connectivity index (χ3n) is 5.99. The van der Waals surface area contributed by atoms with Crippen molar-refractivity contribution in [2.24, 2.45) is 0 Å². The van der Waals surface area contributed by atoms with Gasteiger partial charge in [-0.15, -0.1) is 0 Å². The first kappa shape index (κ1) is 20.3. The number of hydrogen-bond donors (Lipinski definition) is 0. The summed E-state index contributed by atoms with van der Waals surface area (Å²) in [6, 6.07) is 16.8. The monoisotopic (exact) mass is 399 g/mol. The highest BCUT2D eigenvalue weighted by Crippen LogP contribution is 2.28. The Labute approximate surface area is 179 Å². The highest BCUT2D eigenvalue weighted by Gasteiger charge is 2.26. The summed E-state index contributed by atoms with van der Waals surface area (Å²) >= 11 is 0. The highest BCUT2D eigenvalue weighted by molar-refractivity contribution is 5.78. The van der Waals surface area contributed by atoms with Gasteiger partial charge in [0.25, 0.3) is 0 Å². The minimum absolute atomic E-state index is 0.193. The molecule has 154 valence electrons. The number of amides is 1. The molecular weight excluding hydrogens is 370 g/mol. The van der Waals surface area contributed by atoms with Crippen LogP contribution >= 0.6 is 0 Å². The normalized spacial score (nSPS) is 16.5. The first-order valence-corrected chi connectivity index (χ1v) is 10.8. The lowest BCUT2D eigenvalue weighted by Crippen LogP contribution is -2.40. The summed E-state index contributed by atoms with van der Waals surface area (Å²) < 4.78 is 0. The van der Waals surface area contributed by atoms with Gasteiger partial charge in [-0.2, -0.15) is 0 Å². The van der Waals surface area contributed by atoms with Crippen molar-refractivity contribution in [1.29, 1.82) is 0 Å². The van der Waals surface area contributed by atoms with Crippen molar-refractivity contribution in [2.75, 3.05) is 13.1 Å². The number of benzene rings is 1. The minimum Gasteiger partial charge on any atom is -0.342 e. The average Bonchev–Trinajstić information content (AvgIpc) is 2.76. The standard InChI is InChI=1S/C26H29N3O/c1-19-6-3-4-7-23(19)15-22-14-20(2)28-25(16-22)24-8-5-13-29(18-24)26(30)17-21-9-11-27-12-10-21/h3-4,6-7,9-12,14,16,24H,5,8,13,15,17-18H2,1-2H3/t24-/m0/s1. The topological polar surface area (TPSA) is 46.1 Å². The number of piperidine rings is 1. The van der Waals surface area contributed by atoms with E-state index >= 15 is 0 Å². The SMILES string of the molecule is Cc1cc(Cc2ccccc2C)cc([C@H]2CCCN(C(=O)Cc3ccncc3)C2)n1. The molecule has 0 unspecified atom stereocenters. The Morgan fingerprint density at radius 1 is 1.07 bits per heavy atom. The molecule has 0 radical (unpaired) electrons. The maximum atomic E-state index is 12.8. The Balaban J connectivity index is 1.48. The van der Waals surface area contributed by atoms with Crippen LogP contribution in [0.4, 0.5) is 0 Å². The molecule has 0 N–H and O–H groups in total. The molecule has 2 aromatic heterocycles. The Hall–Kier alpha value is -3.01. The van der Waals surface area contributed by atoms with Crippen LogP contribution in [-0.2, 0) is 17.6 Å². The van der Waals surface area contributed by atoms with Crippen LogP contribution < -0.4 is 0 Å². The smallest absolute Gasteiger partial charge is 0.227 e. The summed E-state index contributed by atoms with van der Waals surface area (Å²) in [7, 11) is 0. The van der Waals surface area contributed by atoms with Gasteiger partial charge in [0.2, 0.25) is 5.91 Å². The van der Waals surface area contributed by atoms with Crippen LogP contribution in [0, 0.1) is 13.8 Å². The molecule has 3 aromatic rings. The van der Waals surface area contributed by atoms with E-state index in [1.54, 1.807) is 12.4 Å². The molecule has 1 atom stereocenters. The largest absolute Gasteiger partial charge is 0.342 e. The zero-order chi connectivity index (χ0) is 20.9. The first-order valence-electron chi connectivity index (χ1n) is 10.8. The van der Waals surface area contributed by atoms with E-state index in [9.17, 15) is 4.79 Å². The second-order valence-electron chi connectivity index (χ2n) is 8.36. The molecule has 0 aliphatic carbocycles. The van der Waals surface area contributed by atoms with Crippen molar-refractivity contribution >= 4 is 5.91 Å². The Bertz CT molecular complexity index is 1020. The van der Waals surface area contributed by atoms with Gasteiger partial charge in [0, 0.05) is 42.8 Å². The van der Waals surface area contributed by atoms with Gasteiger partial charge in [0.1, 0.15) is 0 Å². The number of rotatable bonds is 5. The lowest BCUT2D eigenvalue weighted by molar-refractivity contribution is -0.131. The van der Waals surface area contributed by atoms with Crippen LogP contribution in [0.25, 0.3) is 0 Å². The van der Waals surface area contributed by atoms with Gasteiger partial charge >= 0.3 is 0 Å². The fourth-order valence-electron chi connectivity index (χ4n) is 4.34. The predicted octanol–water partition coefficient (Wildman–Crippen LogP) is 4.63. The van der Waals surface area contributed by atoms with Crippen molar-refractivity contribution in [3.8, 4) is 0 Å². The zero-order valence-corrected chi connectivity index (χ0v) is 17.8. The molecule has 1 amide bonds. The van der Waals surface area contributed by atoms with Gasteiger partial charge in [0.15, 0.2) is 0 Å². The lowest BCUT2D eigenvalue weighted by Gasteiger charge is -2.33. The molecule has 0 saturated carbocycles. The van der Waals surface area contributed by atoms with Crippen molar-refractivity contribution in [3.63, 3.8) is 0 Å². The third kappa shape index (κ3) is 4.93. The van der Waals surface area contributed by atoms with Crippen LogP contribution in [0.5, 0.6) is 0 Å². The third-order valence-corrected chi connectivity index (χ3v) is 5.99. The van der Waals surface area contributed by atoms with Crippen molar-refractivity contribution in [3.05, 3.63) is 94.6 Å². The maximum Gasteiger partial charge on any atom is 0.227 e. The Morgan fingerprint density at radius 2 is 1.87 bits per heavy atom. The molecule has 0 bridgehead atoms. The van der Waals surface area contributed by atoms with E-state index < -0.39 is 0 Å². The van der Waals surface area contributed by atoms with Crippen LogP contribution in [0.1, 0.15) is 52.4 Å². The molecule has 1 aromatic carbocycles. The van der Waals surface area contributed by atoms with Crippen LogP contribution in [0.15, 0.2) is 60.9 Å². The minimum atomic E-state index is 0.193.